The van der Waals surface area contributed by atoms with Gasteiger partial charge in [-0.25, -0.2) is 17.5 Å². The molecule has 2 N–H and O–H groups in total. The van der Waals surface area contributed by atoms with Gasteiger partial charge in [-0.05, 0) is 42.4 Å². The summed E-state index contributed by atoms with van der Waals surface area (Å²) in [6.07, 6.45) is 1.56. The number of nitrogens with zero attached hydrogens (tertiary/aromatic N) is 2. The normalized spacial score (nSPS) is 20.5. The zero-order valence-electron chi connectivity index (χ0n) is 16.9. The van der Waals surface area contributed by atoms with Crippen LogP contribution in [-0.2, 0) is 10.0 Å². The lowest BCUT2D eigenvalue weighted by atomic mass is 9.90. The lowest BCUT2D eigenvalue weighted by Gasteiger charge is -2.42. The molecule has 2 fully saturated rings. The van der Waals surface area contributed by atoms with Gasteiger partial charge in [-0.15, -0.1) is 0 Å². The van der Waals surface area contributed by atoms with E-state index in [0.717, 1.165) is 12.8 Å². The summed E-state index contributed by atoms with van der Waals surface area (Å²) in [7, 11) is -3.41. The maximum Gasteiger partial charge on any atom is 0.317 e. The van der Waals surface area contributed by atoms with Crippen molar-refractivity contribution in [3.8, 4) is 0 Å². The Bertz CT molecular complexity index is 802. The molecule has 29 heavy (non-hydrogen) atoms. The van der Waals surface area contributed by atoms with E-state index in [1.165, 1.54) is 10.5 Å². The van der Waals surface area contributed by atoms with E-state index in [9.17, 15) is 18.3 Å². The fourth-order valence-corrected chi connectivity index (χ4v) is 5.86. The number of rotatable bonds is 6. The second-order valence-corrected chi connectivity index (χ2v) is 10.9. The molecule has 1 aromatic carbocycles. The molecule has 0 aliphatic carbocycles. The number of likely N-dealkylation sites (tertiary alicyclic amines) is 1. The van der Waals surface area contributed by atoms with Crippen LogP contribution in [0.2, 0.25) is 5.02 Å². The van der Waals surface area contributed by atoms with Gasteiger partial charge < -0.3 is 15.3 Å². The number of aliphatic hydroxyl groups excluding tert-OH is 1. The van der Waals surface area contributed by atoms with Crippen molar-refractivity contribution in [2.24, 2.45) is 5.92 Å². The van der Waals surface area contributed by atoms with Gasteiger partial charge in [0.2, 0.25) is 10.0 Å². The molecule has 2 amide bonds. The minimum atomic E-state index is -3.41. The SMILES string of the molecule is CC(C)[C@H](CO)NC(=O)N1CC(S(=O)(=O)N2CCC(c3ccc(Cl)cc3)CC2)C1. The molecule has 1 atom stereocenters. The molecule has 2 saturated heterocycles. The molecule has 9 heteroatoms. The number of benzene rings is 1. The first kappa shape index (κ1) is 22.3. The van der Waals surface area contributed by atoms with E-state index in [1.54, 1.807) is 4.31 Å². The number of carbonyl (C=O) groups is 1. The summed E-state index contributed by atoms with van der Waals surface area (Å²) >= 11 is 5.94. The molecule has 1 aromatic rings. The van der Waals surface area contributed by atoms with E-state index in [1.807, 2.05) is 38.1 Å². The van der Waals surface area contributed by atoms with Gasteiger partial charge in [0.15, 0.2) is 0 Å². The number of nitrogens with one attached hydrogen (secondary N) is 1. The number of hydrogen-bond donors (Lipinski definition) is 2. The smallest absolute Gasteiger partial charge is 0.317 e. The number of urea groups is 1. The van der Waals surface area contributed by atoms with Crippen LogP contribution >= 0.6 is 11.6 Å². The maximum absolute atomic E-state index is 12.9. The third kappa shape index (κ3) is 5.05. The standard InChI is InChI=1S/C20H30ClN3O4S/c1-14(2)19(13-25)22-20(26)23-11-18(12-23)29(27,28)24-9-7-16(8-10-24)15-3-5-17(21)6-4-15/h3-6,14,16,18-19,25H,7-13H2,1-2H3,(H,22,26)/t19-/m0/s1. The Morgan fingerprint density at radius 2 is 1.79 bits per heavy atom. The second kappa shape index (κ2) is 9.20. The van der Waals surface area contributed by atoms with Crippen molar-refractivity contribution in [1.29, 1.82) is 0 Å². The largest absolute Gasteiger partial charge is 0.394 e. The second-order valence-electron chi connectivity index (χ2n) is 8.28. The van der Waals surface area contributed by atoms with Crippen LogP contribution in [0.3, 0.4) is 0 Å². The Labute approximate surface area is 178 Å². The fraction of sp³-hybridized carbons (Fsp3) is 0.650. The van der Waals surface area contributed by atoms with Crippen molar-refractivity contribution in [3.63, 3.8) is 0 Å². The molecule has 0 radical (unpaired) electrons. The van der Waals surface area contributed by atoms with Crippen LogP contribution in [0.4, 0.5) is 4.79 Å². The molecule has 2 heterocycles. The summed E-state index contributed by atoms with van der Waals surface area (Å²) in [5.41, 5.74) is 1.20. The third-order valence-electron chi connectivity index (χ3n) is 6.02. The molecule has 3 rings (SSSR count). The first-order chi connectivity index (χ1) is 13.7. The Kier molecular flexibility index (Phi) is 7.09. The van der Waals surface area contributed by atoms with E-state index in [-0.39, 0.29) is 37.7 Å². The van der Waals surface area contributed by atoms with Crippen molar-refractivity contribution in [2.45, 2.75) is 43.9 Å². The average molecular weight is 444 g/mol. The van der Waals surface area contributed by atoms with Crippen molar-refractivity contribution in [2.75, 3.05) is 32.8 Å². The van der Waals surface area contributed by atoms with Crippen LogP contribution in [-0.4, -0.2) is 72.8 Å². The molecule has 2 aliphatic heterocycles. The molecule has 7 nitrogen and oxygen atoms in total. The van der Waals surface area contributed by atoms with Gasteiger partial charge in [-0.3, -0.25) is 0 Å². The van der Waals surface area contributed by atoms with Crippen LogP contribution in [0, 0.1) is 5.92 Å². The van der Waals surface area contributed by atoms with Crippen molar-refractivity contribution in [1.82, 2.24) is 14.5 Å². The van der Waals surface area contributed by atoms with E-state index < -0.39 is 15.3 Å². The van der Waals surface area contributed by atoms with Crippen molar-refractivity contribution in [3.05, 3.63) is 34.9 Å². The Morgan fingerprint density at radius 1 is 1.21 bits per heavy atom. The van der Waals surface area contributed by atoms with Gasteiger partial charge in [0.05, 0.1) is 12.6 Å². The lowest BCUT2D eigenvalue weighted by molar-refractivity contribution is 0.148. The van der Waals surface area contributed by atoms with Crippen LogP contribution in [0.1, 0.15) is 38.2 Å². The molecule has 0 saturated carbocycles. The third-order valence-corrected chi connectivity index (χ3v) is 8.50. The van der Waals surface area contributed by atoms with Gasteiger partial charge >= 0.3 is 6.03 Å². The highest BCUT2D eigenvalue weighted by molar-refractivity contribution is 7.89. The number of piperidine rings is 1. The summed E-state index contributed by atoms with van der Waals surface area (Å²) < 4.78 is 27.4. The van der Waals surface area contributed by atoms with Crippen LogP contribution in [0.25, 0.3) is 0 Å². The highest BCUT2D eigenvalue weighted by Crippen LogP contribution is 2.31. The fourth-order valence-electron chi connectivity index (χ4n) is 3.85. The van der Waals surface area contributed by atoms with Crippen molar-refractivity contribution >= 4 is 27.7 Å². The Morgan fingerprint density at radius 3 is 2.31 bits per heavy atom. The summed E-state index contributed by atoms with van der Waals surface area (Å²) in [5, 5.41) is 12.3. The number of sulfonamides is 1. The topological polar surface area (TPSA) is 90.0 Å². The monoisotopic (exact) mass is 443 g/mol. The molecule has 162 valence electrons. The zero-order valence-corrected chi connectivity index (χ0v) is 18.5. The summed E-state index contributed by atoms with van der Waals surface area (Å²) in [6, 6.07) is 7.12. The molecule has 2 aliphatic rings. The maximum atomic E-state index is 12.9. The number of carbonyl (C=O) groups excluding carboxylic acids is 1. The lowest BCUT2D eigenvalue weighted by Crippen LogP contribution is -2.63. The molecule has 0 spiro atoms. The summed E-state index contributed by atoms with van der Waals surface area (Å²) in [4.78, 5) is 13.8. The van der Waals surface area contributed by atoms with E-state index in [0.29, 0.717) is 24.0 Å². The molecular formula is C20H30ClN3O4S. The van der Waals surface area contributed by atoms with E-state index >= 15 is 0 Å². The Hall–Kier alpha value is -1.35. The quantitative estimate of drug-likeness (QED) is 0.705. The van der Waals surface area contributed by atoms with E-state index in [4.69, 9.17) is 11.6 Å². The summed E-state index contributed by atoms with van der Waals surface area (Å²) in [6.45, 7) is 5.08. The molecule has 0 aromatic heterocycles. The highest BCUT2D eigenvalue weighted by atomic mass is 35.5. The predicted molar refractivity (Wildman–Crippen MR) is 114 cm³/mol. The molecule has 0 bridgehead atoms. The minimum Gasteiger partial charge on any atom is -0.394 e. The molecule has 0 unspecified atom stereocenters. The van der Waals surface area contributed by atoms with Gasteiger partial charge in [0.1, 0.15) is 5.25 Å². The van der Waals surface area contributed by atoms with E-state index in [2.05, 4.69) is 5.32 Å². The van der Waals surface area contributed by atoms with Crippen LogP contribution in [0.15, 0.2) is 24.3 Å². The van der Waals surface area contributed by atoms with Crippen LogP contribution < -0.4 is 5.32 Å². The van der Waals surface area contributed by atoms with Gasteiger partial charge in [0, 0.05) is 31.2 Å². The number of amides is 2. The number of hydrogen-bond acceptors (Lipinski definition) is 4. The number of halogens is 1. The van der Waals surface area contributed by atoms with Crippen LogP contribution in [0.5, 0.6) is 0 Å². The van der Waals surface area contributed by atoms with Crippen molar-refractivity contribution < 1.29 is 18.3 Å². The summed E-state index contributed by atoms with van der Waals surface area (Å²) in [5.74, 6) is 0.445. The van der Waals surface area contributed by atoms with Gasteiger partial charge in [0.25, 0.3) is 0 Å². The zero-order chi connectivity index (χ0) is 21.2. The number of aliphatic hydroxyl groups is 1. The van der Waals surface area contributed by atoms with Gasteiger partial charge in [-0.2, -0.15) is 0 Å². The minimum absolute atomic E-state index is 0.103. The first-order valence-corrected chi connectivity index (χ1v) is 12.0. The first-order valence-electron chi connectivity index (χ1n) is 10.1. The molecular weight excluding hydrogens is 414 g/mol. The average Bonchev–Trinajstić information content (AvgIpc) is 2.65. The van der Waals surface area contributed by atoms with Gasteiger partial charge in [-0.1, -0.05) is 37.6 Å². The Balaban J connectivity index is 1.50. The predicted octanol–water partition coefficient (Wildman–Crippen LogP) is 2.26. The highest BCUT2D eigenvalue weighted by Gasteiger charge is 2.44.